The van der Waals surface area contributed by atoms with Gasteiger partial charge in [-0.3, -0.25) is 4.79 Å². The molecule has 1 amide bonds. The van der Waals surface area contributed by atoms with Gasteiger partial charge in [-0.25, -0.2) is 0 Å². The van der Waals surface area contributed by atoms with E-state index in [-0.39, 0.29) is 17.9 Å². The first-order valence-electron chi connectivity index (χ1n) is 7.34. The summed E-state index contributed by atoms with van der Waals surface area (Å²) in [6, 6.07) is 4.83. The summed E-state index contributed by atoms with van der Waals surface area (Å²) in [6.07, 6.45) is -1.92. The Labute approximate surface area is 129 Å². The molecule has 0 radical (unpaired) electrons. The summed E-state index contributed by atoms with van der Waals surface area (Å²) < 4.78 is 37.7. The van der Waals surface area contributed by atoms with Gasteiger partial charge in [-0.05, 0) is 50.0 Å². The van der Waals surface area contributed by atoms with E-state index >= 15 is 0 Å². The van der Waals surface area contributed by atoms with E-state index in [2.05, 4.69) is 5.32 Å². The largest absolute Gasteiger partial charge is 0.416 e. The van der Waals surface area contributed by atoms with Crippen molar-refractivity contribution < 1.29 is 18.0 Å². The van der Waals surface area contributed by atoms with Crippen LogP contribution in [0.5, 0.6) is 0 Å². The molecule has 0 bridgehead atoms. The third-order valence-electron chi connectivity index (χ3n) is 3.39. The van der Waals surface area contributed by atoms with Crippen molar-refractivity contribution in [2.75, 3.05) is 0 Å². The first-order valence-corrected chi connectivity index (χ1v) is 7.34. The molecule has 0 aliphatic carbocycles. The Bertz CT molecular complexity index is 530. The van der Waals surface area contributed by atoms with Crippen LogP contribution in [0.15, 0.2) is 29.8 Å². The van der Waals surface area contributed by atoms with Crippen LogP contribution in [0, 0.1) is 5.92 Å². The SMILES string of the molecule is CCC(C)/C(=C\c1ccc(C(F)(F)F)cc1)C(=O)NC(C)C. The molecule has 0 saturated carbocycles. The maximum absolute atomic E-state index is 12.6. The number of nitrogens with one attached hydrogen (secondary N) is 1. The molecule has 1 atom stereocenters. The highest BCUT2D eigenvalue weighted by Crippen LogP contribution is 2.29. The lowest BCUT2D eigenvalue weighted by Crippen LogP contribution is -2.33. The van der Waals surface area contributed by atoms with E-state index in [1.807, 2.05) is 27.7 Å². The van der Waals surface area contributed by atoms with Gasteiger partial charge >= 0.3 is 6.18 Å². The third kappa shape index (κ3) is 5.20. The highest BCUT2D eigenvalue weighted by molar-refractivity contribution is 5.98. The molecule has 2 nitrogen and oxygen atoms in total. The maximum Gasteiger partial charge on any atom is 0.416 e. The average Bonchev–Trinajstić information content (AvgIpc) is 2.42. The number of carbonyl (C=O) groups excluding carboxylic acids is 1. The Morgan fingerprint density at radius 1 is 1.18 bits per heavy atom. The van der Waals surface area contributed by atoms with Crippen molar-refractivity contribution in [2.24, 2.45) is 5.92 Å². The number of amides is 1. The molecular formula is C17H22F3NO. The number of hydrogen-bond donors (Lipinski definition) is 1. The average molecular weight is 313 g/mol. The van der Waals surface area contributed by atoms with E-state index in [0.717, 1.165) is 18.6 Å². The lowest BCUT2D eigenvalue weighted by molar-refractivity contribution is -0.137. The number of alkyl halides is 3. The zero-order chi connectivity index (χ0) is 16.9. The maximum atomic E-state index is 12.6. The Kier molecular flexibility index (Phi) is 6.21. The van der Waals surface area contributed by atoms with Crippen molar-refractivity contribution in [3.05, 3.63) is 41.0 Å². The summed E-state index contributed by atoms with van der Waals surface area (Å²) in [5, 5.41) is 2.83. The van der Waals surface area contributed by atoms with E-state index in [1.165, 1.54) is 12.1 Å². The minimum atomic E-state index is -4.35. The standard InChI is InChI=1S/C17H22F3NO/c1-5-12(4)15(16(22)21-11(2)3)10-13-6-8-14(9-7-13)17(18,19)20/h6-12H,5H2,1-4H3,(H,21,22)/b15-10+. The zero-order valence-electron chi connectivity index (χ0n) is 13.3. The number of halogens is 3. The van der Waals surface area contributed by atoms with Crippen LogP contribution >= 0.6 is 0 Å². The van der Waals surface area contributed by atoms with E-state index in [1.54, 1.807) is 6.08 Å². The summed E-state index contributed by atoms with van der Waals surface area (Å²) >= 11 is 0. The third-order valence-corrected chi connectivity index (χ3v) is 3.39. The number of rotatable bonds is 5. The van der Waals surface area contributed by atoms with Crippen LogP contribution in [0.2, 0.25) is 0 Å². The minimum Gasteiger partial charge on any atom is -0.350 e. The summed E-state index contributed by atoms with van der Waals surface area (Å²) in [5.41, 5.74) is 0.472. The van der Waals surface area contributed by atoms with Gasteiger partial charge in [-0.2, -0.15) is 13.2 Å². The van der Waals surface area contributed by atoms with Crippen LogP contribution in [0.4, 0.5) is 13.2 Å². The van der Waals surface area contributed by atoms with Gasteiger partial charge in [0.15, 0.2) is 0 Å². The lowest BCUT2D eigenvalue weighted by Gasteiger charge is -2.16. The summed E-state index contributed by atoms with van der Waals surface area (Å²) in [6.45, 7) is 7.62. The zero-order valence-corrected chi connectivity index (χ0v) is 13.3. The highest BCUT2D eigenvalue weighted by Gasteiger charge is 2.29. The molecule has 0 heterocycles. The van der Waals surface area contributed by atoms with E-state index in [9.17, 15) is 18.0 Å². The number of carbonyl (C=O) groups is 1. The highest BCUT2D eigenvalue weighted by atomic mass is 19.4. The molecule has 0 saturated heterocycles. The fourth-order valence-corrected chi connectivity index (χ4v) is 1.94. The Hall–Kier alpha value is -1.78. The Balaban J connectivity index is 3.09. The predicted octanol–water partition coefficient (Wildman–Crippen LogP) is 4.66. The number of benzene rings is 1. The fraction of sp³-hybridized carbons (Fsp3) is 0.471. The molecule has 0 aromatic heterocycles. The van der Waals surface area contributed by atoms with Gasteiger partial charge in [0.1, 0.15) is 0 Å². The quantitative estimate of drug-likeness (QED) is 0.787. The molecule has 1 rings (SSSR count). The van der Waals surface area contributed by atoms with Crippen LogP contribution in [0.25, 0.3) is 6.08 Å². The minimum absolute atomic E-state index is 0.00700. The normalized spacial score (nSPS) is 14.1. The fourth-order valence-electron chi connectivity index (χ4n) is 1.94. The summed E-state index contributed by atoms with van der Waals surface area (Å²) in [5.74, 6) is -0.148. The van der Waals surface area contributed by atoms with E-state index in [0.29, 0.717) is 11.1 Å². The lowest BCUT2D eigenvalue weighted by atomic mass is 9.95. The molecule has 22 heavy (non-hydrogen) atoms. The second-order valence-electron chi connectivity index (χ2n) is 5.66. The molecular weight excluding hydrogens is 291 g/mol. The van der Waals surface area contributed by atoms with E-state index in [4.69, 9.17) is 0 Å². The van der Waals surface area contributed by atoms with Gasteiger partial charge in [0.05, 0.1) is 5.56 Å². The van der Waals surface area contributed by atoms with Gasteiger partial charge in [-0.15, -0.1) is 0 Å². The van der Waals surface area contributed by atoms with Gasteiger partial charge in [0, 0.05) is 11.6 Å². The van der Waals surface area contributed by atoms with Crippen molar-refractivity contribution in [3.8, 4) is 0 Å². The smallest absolute Gasteiger partial charge is 0.350 e. The van der Waals surface area contributed by atoms with Crippen LogP contribution in [0.1, 0.15) is 45.2 Å². The van der Waals surface area contributed by atoms with Gasteiger partial charge in [-0.1, -0.05) is 26.0 Å². The van der Waals surface area contributed by atoms with Crippen molar-refractivity contribution in [1.82, 2.24) is 5.32 Å². The molecule has 0 aliphatic rings. The van der Waals surface area contributed by atoms with Crippen molar-refractivity contribution >= 4 is 12.0 Å². The van der Waals surface area contributed by atoms with Crippen molar-refractivity contribution in [1.29, 1.82) is 0 Å². The molecule has 1 aromatic carbocycles. The molecule has 0 spiro atoms. The van der Waals surface area contributed by atoms with Crippen molar-refractivity contribution in [3.63, 3.8) is 0 Å². The van der Waals surface area contributed by atoms with Gasteiger partial charge < -0.3 is 5.32 Å². The van der Waals surface area contributed by atoms with Crippen LogP contribution in [0.3, 0.4) is 0 Å². The van der Waals surface area contributed by atoms with Crippen LogP contribution in [-0.4, -0.2) is 11.9 Å². The van der Waals surface area contributed by atoms with Crippen LogP contribution < -0.4 is 5.32 Å². The predicted molar refractivity (Wildman–Crippen MR) is 82.2 cm³/mol. The van der Waals surface area contributed by atoms with Gasteiger partial charge in [0.2, 0.25) is 5.91 Å². The topological polar surface area (TPSA) is 29.1 Å². The second-order valence-corrected chi connectivity index (χ2v) is 5.66. The molecule has 122 valence electrons. The second kappa shape index (κ2) is 7.47. The first kappa shape index (κ1) is 18.3. The molecule has 5 heteroatoms. The van der Waals surface area contributed by atoms with Gasteiger partial charge in [0.25, 0.3) is 0 Å². The first-order chi connectivity index (χ1) is 10.1. The molecule has 0 aliphatic heterocycles. The molecule has 0 fully saturated rings. The monoisotopic (exact) mass is 313 g/mol. The van der Waals surface area contributed by atoms with Crippen molar-refractivity contribution in [2.45, 2.75) is 46.3 Å². The molecule has 1 unspecified atom stereocenters. The Morgan fingerprint density at radius 3 is 2.14 bits per heavy atom. The number of hydrogen-bond acceptors (Lipinski definition) is 1. The Morgan fingerprint density at radius 2 is 1.73 bits per heavy atom. The van der Waals surface area contributed by atoms with Crippen LogP contribution in [-0.2, 0) is 11.0 Å². The summed E-state index contributed by atoms with van der Waals surface area (Å²) in [7, 11) is 0. The molecule has 1 N–H and O–H groups in total. The van der Waals surface area contributed by atoms with E-state index < -0.39 is 11.7 Å². The molecule has 1 aromatic rings. The summed E-state index contributed by atoms with van der Waals surface area (Å²) in [4.78, 5) is 12.2.